The lowest BCUT2D eigenvalue weighted by Gasteiger charge is -2.27. The van der Waals surface area contributed by atoms with Gasteiger partial charge in [0, 0.05) is 6.61 Å². The molecule has 4 heteroatoms. The highest BCUT2D eigenvalue weighted by atomic mass is 16.5. The average Bonchev–Trinajstić information content (AvgIpc) is 2.28. The number of unbranched alkanes of at least 4 members (excludes halogenated alkanes) is 1. The van der Waals surface area contributed by atoms with Gasteiger partial charge in [0.15, 0.2) is 0 Å². The van der Waals surface area contributed by atoms with E-state index in [4.69, 9.17) is 4.74 Å². The van der Waals surface area contributed by atoms with E-state index >= 15 is 0 Å². The summed E-state index contributed by atoms with van der Waals surface area (Å²) in [6, 6.07) is 0. The highest BCUT2D eigenvalue weighted by molar-refractivity contribution is 5.78. The molecule has 4 nitrogen and oxygen atoms in total. The van der Waals surface area contributed by atoms with Crippen molar-refractivity contribution in [2.45, 2.75) is 70.4 Å². The molecule has 0 radical (unpaired) electrons. The molecule has 0 aromatic heterocycles. The van der Waals surface area contributed by atoms with E-state index in [1.165, 1.54) is 19.3 Å². The van der Waals surface area contributed by atoms with Gasteiger partial charge in [-0.15, -0.1) is 0 Å². The second-order valence-electron chi connectivity index (χ2n) is 5.44. The number of rotatable bonds is 10. The van der Waals surface area contributed by atoms with Crippen LogP contribution in [0.3, 0.4) is 0 Å². The van der Waals surface area contributed by atoms with Crippen molar-refractivity contribution < 1.29 is 14.6 Å². The quantitative estimate of drug-likeness (QED) is 0.591. The van der Waals surface area contributed by atoms with Crippen LogP contribution in [0, 0.1) is 0 Å². The highest BCUT2D eigenvalue weighted by Gasteiger charge is 2.31. The molecular formula is C14H27NO3. The normalized spacial score (nSPS) is 19.2. The molecule has 1 saturated carbocycles. The molecule has 18 heavy (non-hydrogen) atoms. The van der Waals surface area contributed by atoms with Gasteiger partial charge in [0.25, 0.3) is 0 Å². The summed E-state index contributed by atoms with van der Waals surface area (Å²) in [6.07, 6.45) is 7.64. The molecule has 1 atom stereocenters. The van der Waals surface area contributed by atoms with Gasteiger partial charge in [0.05, 0.1) is 6.10 Å². The van der Waals surface area contributed by atoms with E-state index in [9.17, 15) is 9.90 Å². The van der Waals surface area contributed by atoms with E-state index in [1.807, 2.05) is 6.92 Å². The van der Waals surface area contributed by atoms with Crippen molar-refractivity contribution in [3.05, 3.63) is 0 Å². The number of carbonyl (C=O) groups is 1. The first-order valence-corrected chi connectivity index (χ1v) is 7.18. The van der Waals surface area contributed by atoms with Gasteiger partial charge in [-0.2, -0.15) is 0 Å². The van der Waals surface area contributed by atoms with Crippen LogP contribution in [0.1, 0.15) is 58.8 Å². The SMILES string of the molecule is CCCNC(C)(CCCCOC1CCC1)C(=O)O. The molecular weight excluding hydrogens is 230 g/mol. The van der Waals surface area contributed by atoms with Crippen LogP contribution in [0.2, 0.25) is 0 Å². The Balaban J connectivity index is 2.13. The third-order valence-corrected chi connectivity index (χ3v) is 3.71. The molecule has 0 saturated heterocycles. The maximum Gasteiger partial charge on any atom is 0.323 e. The van der Waals surface area contributed by atoms with Gasteiger partial charge in [-0.1, -0.05) is 6.92 Å². The summed E-state index contributed by atoms with van der Waals surface area (Å²) < 4.78 is 5.67. The number of ether oxygens (including phenoxy) is 1. The Labute approximate surface area is 110 Å². The molecule has 1 unspecified atom stereocenters. The largest absolute Gasteiger partial charge is 0.480 e. The van der Waals surface area contributed by atoms with E-state index in [0.29, 0.717) is 12.5 Å². The minimum Gasteiger partial charge on any atom is -0.480 e. The third kappa shape index (κ3) is 4.94. The zero-order valence-corrected chi connectivity index (χ0v) is 11.7. The lowest BCUT2D eigenvalue weighted by atomic mass is 9.94. The lowest BCUT2D eigenvalue weighted by Crippen LogP contribution is -2.49. The molecule has 0 aromatic carbocycles. The van der Waals surface area contributed by atoms with Crippen molar-refractivity contribution >= 4 is 5.97 Å². The highest BCUT2D eigenvalue weighted by Crippen LogP contribution is 2.22. The molecule has 0 heterocycles. The van der Waals surface area contributed by atoms with Gasteiger partial charge in [-0.25, -0.2) is 0 Å². The van der Waals surface area contributed by atoms with Crippen LogP contribution < -0.4 is 5.32 Å². The summed E-state index contributed by atoms with van der Waals surface area (Å²) in [5.74, 6) is -0.754. The summed E-state index contributed by atoms with van der Waals surface area (Å²) in [6.45, 7) is 5.34. The van der Waals surface area contributed by atoms with Gasteiger partial charge in [0.1, 0.15) is 5.54 Å². The molecule has 1 rings (SSSR count). The lowest BCUT2D eigenvalue weighted by molar-refractivity contribution is -0.144. The van der Waals surface area contributed by atoms with Crippen LogP contribution in [0.4, 0.5) is 0 Å². The molecule has 0 aromatic rings. The van der Waals surface area contributed by atoms with Crippen LogP contribution >= 0.6 is 0 Å². The van der Waals surface area contributed by atoms with Crippen molar-refractivity contribution in [1.29, 1.82) is 0 Å². The predicted octanol–water partition coefficient (Wildman–Crippen LogP) is 2.57. The third-order valence-electron chi connectivity index (χ3n) is 3.71. The maximum absolute atomic E-state index is 11.3. The molecule has 1 aliphatic carbocycles. The molecule has 0 aliphatic heterocycles. The Morgan fingerprint density at radius 3 is 2.67 bits per heavy atom. The number of nitrogens with one attached hydrogen (secondary N) is 1. The van der Waals surface area contributed by atoms with Gasteiger partial charge < -0.3 is 15.2 Å². The fourth-order valence-corrected chi connectivity index (χ4v) is 2.04. The average molecular weight is 257 g/mol. The van der Waals surface area contributed by atoms with Crippen LogP contribution in [0.25, 0.3) is 0 Å². The van der Waals surface area contributed by atoms with Crippen molar-refractivity contribution in [3.63, 3.8) is 0 Å². The van der Waals surface area contributed by atoms with Crippen LogP contribution in [-0.2, 0) is 9.53 Å². The van der Waals surface area contributed by atoms with E-state index in [-0.39, 0.29) is 0 Å². The number of aliphatic carboxylic acids is 1. The van der Waals surface area contributed by atoms with Crippen LogP contribution in [0.5, 0.6) is 0 Å². The second kappa shape index (κ2) is 7.74. The molecule has 0 spiro atoms. The Morgan fingerprint density at radius 1 is 1.44 bits per heavy atom. The van der Waals surface area contributed by atoms with Gasteiger partial charge >= 0.3 is 5.97 Å². The van der Waals surface area contributed by atoms with E-state index < -0.39 is 11.5 Å². The topological polar surface area (TPSA) is 58.6 Å². The number of carboxylic acids is 1. The minimum absolute atomic E-state index is 0.481. The standard InChI is InChI=1S/C14H27NO3/c1-3-10-15-14(2,13(16)17)9-4-5-11-18-12-7-6-8-12/h12,15H,3-11H2,1-2H3,(H,16,17). The maximum atomic E-state index is 11.3. The molecule has 1 fully saturated rings. The summed E-state index contributed by atoms with van der Waals surface area (Å²) in [5.41, 5.74) is -0.785. The monoisotopic (exact) mass is 257 g/mol. The number of hydrogen-bond donors (Lipinski definition) is 2. The minimum atomic E-state index is -0.785. The smallest absolute Gasteiger partial charge is 0.323 e. The van der Waals surface area contributed by atoms with Crippen molar-refractivity contribution in [3.8, 4) is 0 Å². The van der Waals surface area contributed by atoms with Crippen molar-refractivity contribution in [2.75, 3.05) is 13.2 Å². The Morgan fingerprint density at radius 2 is 2.17 bits per heavy atom. The summed E-state index contributed by atoms with van der Waals surface area (Å²) in [7, 11) is 0. The number of hydrogen-bond acceptors (Lipinski definition) is 3. The fraction of sp³-hybridized carbons (Fsp3) is 0.929. The summed E-state index contributed by atoms with van der Waals surface area (Å²) in [4.78, 5) is 11.3. The van der Waals surface area contributed by atoms with E-state index in [2.05, 4.69) is 5.32 Å². The van der Waals surface area contributed by atoms with Gasteiger partial charge in [-0.05, 0) is 58.4 Å². The van der Waals surface area contributed by atoms with Crippen molar-refractivity contribution in [1.82, 2.24) is 5.32 Å². The molecule has 2 N–H and O–H groups in total. The van der Waals surface area contributed by atoms with Crippen LogP contribution in [0.15, 0.2) is 0 Å². The molecule has 0 bridgehead atoms. The van der Waals surface area contributed by atoms with Crippen molar-refractivity contribution in [2.24, 2.45) is 0 Å². The second-order valence-corrected chi connectivity index (χ2v) is 5.44. The van der Waals surface area contributed by atoms with E-state index in [1.54, 1.807) is 6.92 Å². The zero-order chi connectivity index (χ0) is 13.4. The Kier molecular flexibility index (Phi) is 6.65. The zero-order valence-electron chi connectivity index (χ0n) is 11.7. The predicted molar refractivity (Wildman–Crippen MR) is 71.8 cm³/mol. The first kappa shape index (κ1) is 15.4. The first-order valence-electron chi connectivity index (χ1n) is 7.18. The van der Waals surface area contributed by atoms with E-state index in [0.717, 1.165) is 32.4 Å². The Hall–Kier alpha value is -0.610. The summed E-state index contributed by atoms with van der Waals surface area (Å²) >= 11 is 0. The number of carboxylic acid groups (broad SMARTS) is 1. The summed E-state index contributed by atoms with van der Waals surface area (Å²) in [5, 5.41) is 12.4. The molecule has 1 aliphatic rings. The Bertz CT molecular complexity index is 253. The molecule has 0 amide bonds. The first-order chi connectivity index (χ1) is 8.58. The van der Waals surface area contributed by atoms with Gasteiger partial charge in [-0.3, -0.25) is 4.79 Å². The molecule has 106 valence electrons. The fourth-order valence-electron chi connectivity index (χ4n) is 2.04. The van der Waals surface area contributed by atoms with Gasteiger partial charge in [0.2, 0.25) is 0 Å². The van der Waals surface area contributed by atoms with Crippen LogP contribution in [-0.4, -0.2) is 35.9 Å².